The van der Waals surface area contributed by atoms with Gasteiger partial charge >= 0.3 is 6.09 Å². The van der Waals surface area contributed by atoms with Gasteiger partial charge in [-0.2, -0.15) is 4.39 Å². The van der Waals surface area contributed by atoms with Gasteiger partial charge in [0, 0.05) is 73.4 Å². The molecule has 4 heterocycles. The summed E-state index contributed by atoms with van der Waals surface area (Å²) in [6.07, 6.45) is 4.59. The standard InChI is InChI=1S/C27H30F2N6O3/c1-15-18-12-32-25(24-30-7-5-8-31-24)33-20(18)6-9-34(15)17-10-19(28)22(29)21(11-17)38-14-16-13-35(26(36)37)23(16)27(2,3)4/h5,7-8,10-12,15-16,23H,6,9,13-14H2,1-4H3,(H,36,37). The van der Waals surface area contributed by atoms with Crippen molar-refractivity contribution in [3.05, 3.63) is 59.7 Å². The molecule has 1 fully saturated rings. The minimum absolute atomic E-state index is 0.0854. The fraction of sp³-hybridized carbons (Fsp3) is 0.444. The highest BCUT2D eigenvalue weighted by atomic mass is 19.2. The van der Waals surface area contributed by atoms with Crippen molar-refractivity contribution in [3.8, 4) is 17.4 Å². The van der Waals surface area contributed by atoms with Crippen LogP contribution < -0.4 is 9.64 Å². The molecule has 0 radical (unpaired) electrons. The molecular weight excluding hydrogens is 494 g/mol. The van der Waals surface area contributed by atoms with Gasteiger partial charge in [0.2, 0.25) is 5.82 Å². The second-order valence-electron chi connectivity index (χ2n) is 10.8. The zero-order chi connectivity index (χ0) is 27.2. The van der Waals surface area contributed by atoms with Crippen molar-refractivity contribution in [1.29, 1.82) is 0 Å². The minimum atomic E-state index is -1.06. The molecule has 9 nitrogen and oxygen atoms in total. The number of amides is 1. The Hall–Kier alpha value is -3.89. The Morgan fingerprint density at radius 2 is 1.89 bits per heavy atom. The van der Waals surface area contributed by atoms with Gasteiger partial charge in [-0.1, -0.05) is 20.8 Å². The highest BCUT2D eigenvalue weighted by Gasteiger charge is 2.48. The van der Waals surface area contributed by atoms with E-state index in [4.69, 9.17) is 4.74 Å². The Kier molecular flexibility index (Phi) is 6.62. The lowest BCUT2D eigenvalue weighted by Crippen LogP contribution is -2.64. The predicted octanol–water partition coefficient (Wildman–Crippen LogP) is 4.74. The van der Waals surface area contributed by atoms with Crippen LogP contribution in [0.1, 0.15) is 45.0 Å². The first-order valence-corrected chi connectivity index (χ1v) is 12.6. The number of hydrogen-bond donors (Lipinski definition) is 1. The molecule has 1 amide bonds. The van der Waals surface area contributed by atoms with E-state index in [1.54, 1.807) is 24.7 Å². The van der Waals surface area contributed by atoms with Gasteiger partial charge in [0.15, 0.2) is 23.2 Å². The van der Waals surface area contributed by atoms with Gasteiger partial charge in [0.1, 0.15) is 0 Å². The first kappa shape index (κ1) is 25.7. The van der Waals surface area contributed by atoms with E-state index in [0.29, 0.717) is 30.3 Å². The maximum absolute atomic E-state index is 14.7. The number of halogens is 2. The second kappa shape index (κ2) is 9.77. The van der Waals surface area contributed by atoms with Crippen LogP contribution in [0.15, 0.2) is 36.8 Å². The van der Waals surface area contributed by atoms with Gasteiger partial charge in [0.25, 0.3) is 0 Å². The Labute approximate surface area is 219 Å². The number of hydrogen-bond acceptors (Lipinski definition) is 7. The summed E-state index contributed by atoms with van der Waals surface area (Å²) in [5, 5.41) is 9.45. The third-order valence-corrected chi connectivity index (χ3v) is 7.28. The lowest BCUT2D eigenvalue weighted by Gasteiger charge is -2.52. The van der Waals surface area contributed by atoms with Crippen molar-refractivity contribution in [2.45, 2.75) is 46.2 Å². The van der Waals surface area contributed by atoms with Crippen LogP contribution >= 0.6 is 0 Å². The van der Waals surface area contributed by atoms with Gasteiger partial charge in [-0.05, 0) is 18.4 Å². The number of anilines is 1. The summed E-state index contributed by atoms with van der Waals surface area (Å²) in [6, 6.07) is 3.93. The van der Waals surface area contributed by atoms with Gasteiger partial charge in [-0.15, -0.1) is 0 Å². The third kappa shape index (κ3) is 4.72. The average Bonchev–Trinajstić information content (AvgIpc) is 2.85. The lowest BCUT2D eigenvalue weighted by atomic mass is 9.72. The van der Waals surface area contributed by atoms with Crippen molar-refractivity contribution >= 4 is 11.8 Å². The number of ether oxygens (including phenoxy) is 1. The first-order chi connectivity index (χ1) is 18.0. The number of rotatable bonds is 5. The first-order valence-electron chi connectivity index (χ1n) is 12.6. The number of aromatic nitrogens is 4. The number of fused-ring (bicyclic) bond motifs is 1. The van der Waals surface area contributed by atoms with Crippen LogP contribution in [0, 0.1) is 23.0 Å². The van der Waals surface area contributed by atoms with E-state index in [9.17, 15) is 18.7 Å². The smallest absolute Gasteiger partial charge is 0.407 e. The summed E-state index contributed by atoms with van der Waals surface area (Å²) in [6.45, 7) is 8.73. The normalized spacial score (nSPS) is 21.1. The maximum Gasteiger partial charge on any atom is 0.407 e. The van der Waals surface area contributed by atoms with Gasteiger partial charge in [-0.3, -0.25) is 0 Å². The highest BCUT2D eigenvalue weighted by molar-refractivity contribution is 5.67. The molecular formula is C27H30F2N6O3. The molecule has 2 aliphatic rings. The second-order valence-corrected chi connectivity index (χ2v) is 10.8. The highest BCUT2D eigenvalue weighted by Crippen LogP contribution is 2.40. The molecule has 2 aliphatic heterocycles. The fourth-order valence-electron chi connectivity index (χ4n) is 5.55. The van der Waals surface area contributed by atoms with Crippen LogP contribution in [0.2, 0.25) is 0 Å². The molecule has 1 N–H and O–H groups in total. The van der Waals surface area contributed by atoms with E-state index in [2.05, 4.69) is 19.9 Å². The maximum atomic E-state index is 14.7. The zero-order valence-corrected chi connectivity index (χ0v) is 21.7. The van der Waals surface area contributed by atoms with E-state index in [0.717, 1.165) is 11.3 Å². The topological polar surface area (TPSA) is 105 Å². The Morgan fingerprint density at radius 3 is 2.58 bits per heavy atom. The van der Waals surface area contributed by atoms with Gasteiger partial charge in [-0.25, -0.2) is 29.1 Å². The van der Waals surface area contributed by atoms with E-state index in [-0.39, 0.29) is 42.3 Å². The summed E-state index contributed by atoms with van der Waals surface area (Å²) in [5.74, 6) is -1.49. The SMILES string of the molecule is CC1c2cnc(-c3ncccn3)nc2CCN1c1cc(F)c(F)c(OCC2CN(C(=O)O)C2C(C)(C)C)c1. The Balaban J connectivity index is 1.35. The summed E-state index contributed by atoms with van der Waals surface area (Å²) in [4.78, 5) is 32.4. The lowest BCUT2D eigenvalue weighted by molar-refractivity contribution is -0.0516. The van der Waals surface area contributed by atoms with Crippen molar-refractivity contribution in [2.75, 3.05) is 24.6 Å². The average molecular weight is 525 g/mol. The summed E-state index contributed by atoms with van der Waals surface area (Å²) in [7, 11) is 0. The zero-order valence-electron chi connectivity index (χ0n) is 21.7. The van der Waals surface area contributed by atoms with Crippen molar-refractivity contribution in [2.24, 2.45) is 11.3 Å². The van der Waals surface area contributed by atoms with Crippen molar-refractivity contribution < 1.29 is 23.4 Å². The van der Waals surface area contributed by atoms with Crippen molar-refractivity contribution in [1.82, 2.24) is 24.8 Å². The predicted molar refractivity (Wildman–Crippen MR) is 136 cm³/mol. The monoisotopic (exact) mass is 524 g/mol. The van der Waals surface area contributed by atoms with Crippen molar-refractivity contribution in [3.63, 3.8) is 0 Å². The van der Waals surface area contributed by atoms with Gasteiger partial charge in [0.05, 0.1) is 18.3 Å². The van der Waals surface area contributed by atoms with E-state index < -0.39 is 17.7 Å². The molecule has 1 aromatic carbocycles. The quantitative estimate of drug-likeness (QED) is 0.511. The molecule has 200 valence electrons. The fourth-order valence-corrected chi connectivity index (χ4v) is 5.55. The van der Waals surface area contributed by atoms with E-state index in [1.807, 2.05) is 32.6 Å². The number of likely N-dealkylation sites (tertiary alicyclic amines) is 1. The van der Waals surface area contributed by atoms with Crippen LogP contribution in [0.4, 0.5) is 19.3 Å². The summed E-state index contributed by atoms with van der Waals surface area (Å²) < 4.78 is 35.2. The molecule has 5 rings (SSSR count). The van der Waals surface area contributed by atoms with Crippen LogP contribution in [0.5, 0.6) is 5.75 Å². The van der Waals surface area contributed by atoms with Crippen LogP contribution in [0.25, 0.3) is 11.6 Å². The minimum Gasteiger partial charge on any atom is -0.490 e. The number of nitrogens with zero attached hydrogens (tertiary/aromatic N) is 6. The van der Waals surface area contributed by atoms with E-state index in [1.165, 1.54) is 17.0 Å². The van der Waals surface area contributed by atoms with Crippen LogP contribution in [0.3, 0.4) is 0 Å². The molecule has 2 aromatic heterocycles. The Bertz CT molecular complexity index is 1350. The number of carboxylic acid groups (broad SMARTS) is 1. The van der Waals surface area contributed by atoms with Crippen LogP contribution in [-0.4, -0.2) is 61.8 Å². The largest absolute Gasteiger partial charge is 0.490 e. The molecule has 0 aliphatic carbocycles. The molecule has 3 aromatic rings. The summed E-state index contributed by atoms with van der Waals surface area (Å²) >= 11 is 0. The third-order valence-electron chi connectivity index (χ3n) is 7.28. The number of benzene rings is 1. The molecule has 3 unspecified atom stereocenters. The Morgan fingerprint density at radius 1 is 1.16 bits per heavy atom. The molecule has 0 saturated carbocycles. The molecule has 0 spiro atoms. The molecule has 1 saturated heterocycles. The van der Waals surface area contributed by atoms with Gasteiger partial charge < -0.3 is 19.6 Å². The van der Waals surface area contributed by atoms with E-state index >= 15 is 0 Å². The summed E-state index contributed by atoms with van der Waals surface area (Å²) in [5.41, 5.74) is 1.92. The van der Waals surface area contributed by atoms with Crippen LogP contribution in [-0.2, 0) is 6.42 Å². The molecule has 11 heteroatoms. The number of carbonyl (C=O) groups is 1. The molecule has 3 atom stereocenters. The molecule has 38 heavy (non-hydrogen) atoms. The molecule has 0 bridgehead atoms.